The first-order valence-corrected chi connectivity index (χ1v) is 5.68. The molecular formula is C13H20FN. The van der Waals surface area contributed by atoms with Crippen molar-refractivity contribution >= 4 is 0 Å². The fraction of sp³-hybridized carbons (Fsp3) is 0.538. The number of nitrogens with two attached hydrogens (primary N) is 1. The van der Waals surface area contributed by atoms with Gasteiger partial charge < -0.3 is 5.73 Å². The maximum atomic E-state index is 13.7. The van der Waals surface area contributed by atoms with Crippen molar-refractivity contribution in [1.82, 2.24) is 0 Å². The van der Waals surface area contributed by atoms with Crippen LogP contribution in [0.4, 0.5) is 4.39 Å². The van der Waals surface area contributed by atoms with E-state index in [0.717, 1.165) is 25.7 Å². The van der Waals surface area contributed by atoms with Crippen molar-refractivity contribution in [3.8, 4) is 0 Å². The molecule has 1 aromatic rings. The van der Waals surface area contributed by atoms with E-state index in [2.05, 4.69) is 13.8 Å². The minimum Gasteiger partial charge on any atom is -0.321 e. The molecule has 0 heterocycles. The van der Waals surface area contributed by atoms with E-state index in [-0.39, 0.29) is 5.82 Å². The zero-order chi connectivity index (χ0) is 11.3. The minimum atomic E-state index is -0.491. The molecule has 0 bridgehead atoms. The van der Waals surface area contributed by atoms with Crippen LogP contribution in [0.5, 0.6) is 0 Å². The molecule has 0 aromatic heterocycles. The molecule has 0 atom stereocenters. The largest absolute Gasteiger partial charge is 0.321 e. The number of rotatable bonds is 5. The van der Waals surface area contributed by atoms with Gasteiger partial charge in [-0.05, 0) is 18.9 Å². The Kier molecular flexibility index (Phi) is 4.28. The van der Waals surface area contributed by atoms with E-state index < -0.39 is 5.54 Å². The number of halogens is 1. The molecule has 0 saturated heterocycles. The molecule has 0 unspecified atom stereocenters. The standard InChI is InChI=1S/C13H20FN/c1-3-9-13(15,10-4-2)11-7-5-6-8-12(11)14/h5-8H,3-4,9-10,15H2,1-2H3. The van der Waals surface area contributed by atoms with E-state index in [1.807, 2.05) is 6.07 Å². The summed E-state index contributed by atoms with van der Waals surface area (Å²) in [6.45, 7) is 4.16. The van der Waals surface area contributed by atoms with Crippen LogP contribution in [0.1, 0.15) is 45.1 Å². The quantitative estimate of drug-likeness (QED) is 0.788. The lowest BCUT2D eigenvalue weighted by Crippen LogP contribution is -2.37. The van der Waals surface area contributed by atoms with Crippen molar-refractivity contribution in [2.75, 3.05) is 0 Å². The molecule has 0 aliphatic carbocycles. The van der Waals surface area contributed by atoms with Crippen molar-refractivity contribution < 1.29 is 4.39 Å². The summed E-state index contributed by atoms with van der Waals surface area (Å²) in [7, 11) is 0. The predicted molar refractivity (Wildman–Crippen MR) is 62.1 cm³/mol. The smallest absolute Gasteiger partial charge is 0.128 e. The molecule has 0 saturated carbocycles. The maximum Gasteiger partial charge on any atom is 0.128 e. The van der Waals surface area contributed by atoms with Crippen LogP contribution >= 0.6 is 0 Å². The van der Waals surface area contributed by atoms with E-state index in [1.54, 1.807) is 12.1 Å². The van der Waals surface area contributed by atoms with Crippen LogP contribution < -0.4 is 5.73 Å². The average molecular weight is 209 g/mol. The van der Waals surface area contributed by atoms with Gasteiger partial charge in [0.2, 0.25) is 0 Å². The molecule has 15 heavy (non-hydrogen) atoms. The van der Waals surface area contributed by atoms with Crippen LogP contribution in [0.2, 0.25) is 0 Å². The maximum absolute atomic E-state index is 13.7. The van der Waals surface area contributed by atoms with Gasteiger partial charge in [0, 0.05) is 11.1 Å². The van der Waals surface area contributed by atoms with Crippen molar-refractivity contribution in [2.24, 2.45) is 5.73 Å². The predicted octanol–water partition coefficient (Wildman–Crippen LogP) is 3.58. The van der Waals surface area contributed by atoms with Crippen molar-refractivity contribution in [3.63, 3.8) is 0 Å². The monoisotopic (exact) mass is 209 g/mol. The highest BCUT2D eigenvalue weighted by Crippen LogP contribution is 2.30. The first kappa shape index (κ1) is 12.2. The lowest BCUT2D eigenvalue weighted by Gasteiger charge is -2.29. The fourth-order valence-corrected chi connectivity index (χ4v) is 2.15. The summed E-state index contributed by atoms with van der Waals surface area (Å²) in [4.78, 5) is 0. The molecular weight excluding hydrogens is 189 g/mol. The summed E-state index contributed by atoms with van der Waals surface area (Å²) in [5.74, 6) is -0.179. The molecule has 84 valence electrons. The normalized spacial score (nSPS) is 11.7. The van der Waals surface area contributed by atoms with Crippen LogP contribution in [0, 0.1) is 5.82 Å². The number of hydrogen-bond acceptors (Lipinski definition) is 1. The second-order valence-corrected chi connectivity index (χ2v) is 4.14. The molecule has 0 radical (unpaired) electrons. The van der Waals surface area contributed by atoms with Gasteiger partial charge in [-0.15, -0.1) is 0 Å². The first-order valence-electron chi connectivity index (χ1n) is 5.68. The third-order valence-electron chi connectivity index (χ3n) is 2.80. The van der Waals surface area contributed by atoms with E-state index in [4.69, 9.17) is 5.73 Å². The van der Waals surface area contributed by atoms with Gasteiger partial charge in [0.25, 0.3) is 0 Å². The minimum absolute atomic E-state index is 0.179. The Balaban J connectivity index is 3.03. The van der Waals surface area contributed by atoms with Gasteiger partial charge in [-0.1, -0.05) is 44.9 Å². The average Bonchev–Trinajstić information content (AvgIpc) is 2.19. The lowest BCUT2D eigenvalue weighted by atomic mass is 9.82. The Hall–Kier alpha value is -0.890. The van der Waals surface area contributed by atoms with E-state index in [9.17, 15) is 4.39 Å². The third-order valence-corrected chi connectivity index (χ3v) is 2.80. The van der Waals surface area contributed by atoms with Crippen molar-refractivity contribution in [2.45, 2.75) is 45.1 Å². The SMILES string of the molecule is CCCC(N)(CCC)c1ccccc1F. The molecule has 1 rings (SSSR count). The van der Waals surface area contributed by atoms with Gasteiger partial charge in [0.05, 0.1) is 0 Å². The van der Waals surface area contributed by atoms with Crippen LogP contribution in [0.15, 0.2) is 24.3 Å². The van der Waals surface area contributed by atoms with E-state index in [0.29, 0.717) is 5.56 Å². The van der Waals surface area contributed by atoms with Gasteiger partial charge in [0.15, 0.2) is 0 Å². The van der Waals surface area contributed by atoms with Crippen molar-refractivity contribution in [3.05, 3.63) is 35.6 Å². The highest BCUT2D eigenvalue weighted by atomic mass is 19.1. The van der Waals surface area contributed by atoms with Gasteiger partial charge in [0.1, 0.15) is 5.82 Å². The summed E-state index contributed by atoms with van der Waals surface area (Å²) in [5.41, 5.74) is 6.47. The zero-order valence-electron chi connectivity index (χ0n) is 9.59. The molecule has 0 fully saturated rings. The summed E-state index contributed by atoms with van der Waals surface area (Å²) >= 11 is 0. The van der Waals surface area contributed by atoms with Gasteiger partial charge in [-0.25, -0.2) is 4.39 Å². The Morgan fingerprint density at radius 1 is 1.13 bits per heavy atom. The third kappa shape index (κ3) is 2.78. The Labute approximate surface area is 91.5 Å². The highest BCUT2D eigenvalue weighted by Gasteiger charge is 2.27. The zero-order valence-corrected chi connectivity index (χ0v) is 9.59. The van der Waals surface area contributed by atoms with Gasteiger partial charge >= 0.3 is 0 Å². The molecule has 2 N–H and O–H groups in total. The van der Waals surface area contributed by atoms with E-state index >= 15 is 0 Å². The van der Waals surface area contributed by atoms with Crippen LogP contribution in [0.3, 0.4) is 0 Å². The Morgan fingerprint density at radius 2 is 1.67 bits per heavy atom. The molecule has 0 aliphatic heterocycles. The summed E-state index contributed by atoms with van der Waals surface area (Å²) in [6.07, 6.45) is 3.62. The van der Waals surface area contributed by atoms with Gasteiger partial charge in [-0.2, -0.15) is 0 Å². The van der Waals surface area contributed by atoms with E-state index in [1.165, 1.54) is 6.07 Å². The molecule has 0 aliphatic rings. The van der Waals surface area contributed by atoms with Crippen LogP contribution in [-0.2, 0) is 5.54 Å². The lowest BCUT2D eigenvalue weighted by molar-refractivity contribution is 0.354. The molecule has 1 nitrogen and oxygen atoms in total. The summed E-state index contributed by atoms with van der Waals surface area (Å²) < 4.78 is 13.7. The molecule has 1 aromatic carbocycles. The first-order chi connectivity index (χ1) is 7.14. The molecule has 0 amide bonds. The summed E-state index contributed by atoms with van der Waals surface area (Å²) in [6, 6.07) is 6.85. The topological polar surface area (TPSA) is 26.0 Å². The highest BCUT2D eigenvalue weighted by molar-refractivity contribution is 5.25. The second kappa shape index (κ2) is 5.26. The van der Waals surface area contributed by atoms with Crippen LogP contribution in [-0.4, -0.2) is 0 Å². The summed E-state index contributed by atoms with van der Waals surface area (Å²) in [5, 5.41) is 0. The fourth-order valence-electron chi connectivity index (χ4n) is 2.15. The Bertz CT molecular complexity index is 303. The Morgan fingerprint density at radius 3 is 2.13 bits per heavy atom. The molecule has 0 spiro atoms. The second-order valence-electron chi connectivity index (χ2n) is 4.14. The van der Waals surface area contributed by atoms with Gasteiger partial charge in [-0.3, -0.25) is 0 Å². The van der Waals surface area contributed by atoms with Crippen molar-refractivity contribution in [1.29, 1.82) is 0 Å². The van der Waals surface area contributed by atoms with Crippen LogP contribution in [0.25, 0.3) is 0 Å². The number of hydrogen-bond donors (Lipinski definition) is 1. The number of benzene rings is 1. The molecule has 2 heteroatoms.